The average Bonchev–Trinajstić information content (AvgIpc) is 3.29. The van der Waals surface area contributed by atoms with Crippen molar-refractivity contribution in [1.82, 2.24) is 14.9 Å². The molecule has 5 nitrogen and oxygen atoms in total. The number of amidine groups is 1. The number of rotatable bonds is 5. The second-order valence-corrected chi connectivity index (χ2v) is 8.73. The van der Waals surface area contributed by atoms with Gasteiger partial charge in [0, 0.05) is 17.7 Å². The number of hydrogen-bond donors (Lipinski definition) is 0. The first-order valence-electron chi connectivity index (χ1n) is 9.88. The molecule has 1 aromatic heterocycles. The van der Waals surface area contributed by atoms with E-state index in [2.05, 4.69) is 21.8 Å². The molecule has 0 bridgehead atoms. The fourth-order valence-electron chi connectivity index (χ4n) is 4.19. The van der Waals surface area contributed by atoms with E-state index in [0.717, 1.165) is 42.6 Å². The molecule has 135 valence electrons. The van der Waals surface area contributed by atoms with E-state index < -0.39 is 0 Å². The molecule has 4 rings (SSSR count). The normalized spacial score (nSPS) is 21.2. The number of aromatic nitrogens is 2. The summed E-state index contributed by atoms with van der Waals surface area (Å²) >= 11 is 1.79. The SMILES string of the molecule is CCCn1c(SC2CCCCC2)nc(=O)c2c1N=C(C1CCCC1)[N]2. The third-order valence-electron chi connectivity index (χ3n) is 5.54. The zero-order chi connectivity index (χ0) is 17.2. The second kappa shape index (κ2) is 7.52. The van der Waals surface area contributed by atoms with Crippen LogP contribution in [0.25, 0.3) is 0 Å². The summed E-state index contributed by atoms with van der Waals surface area (Å²) in [7, 11) is 0. The lowest BCUT2D eigenvalue weighted by atomic mass is 10.0. The number of fused-ring (bicyclic) bond motifs is 1. The lowest BCUT2D eigenvalue weighted by molar-refractivity contribution is 0.512. The first-order valence-corrected chi connectivity index (χ1v) is 10.8. The van der Waals surface area contributed by atoms with E-state index in [4.69, 9.17) is 4.99 Å². The van der Waals surface area contributed by atoms with Gasteiger partial charge in [-0.1, -0.05) is 50.8 Å². The van der Waals surface area contributed by atoms with Crippen molar-refractivity contribution in [2.45, 2.75) is 88.1 Å². The average molecular weight is 360 g/mol. The highest BCUT2D eigenvalue weighted by Crippen LogP contribution is 2.38. The van der Waals surface area contributed by atoms with Gasteiger partial charge in [-0.05, 0) is 32.1 Å². The zero-order valence-electron chi connectivity index (χ0n) is 15.0. The van der Waals surface area contributed by atoms with Crippen molar-refractivity contribution in [2.24, 2.45) is 10.9 Å². The molecule has 0 spiro atoms. The Bertz CT molecular complexity index is 715. The van der Waals surface area contributed by atoms with Crippen LogP contribution in [-0.4, -0.2) is 20.6 Å². The van der Waals surface area contributed by atoms with Gasteiger partial charge in [0.2, 0.25) is 0 Å². The van der Waals surface area contributed by atoms with Gasteiger partial charge in [-0.15, -0.1) is 0 Å². The number of aliphatic imine (C=N–C) groups is 1. The molecule has 2 saturated carbocycles. The summed E-state index contributed by atoms with van der Waals surface area (Å²) in [6.45, 7) is 3.01. The highest BCUT2D eigenvalue weighted by atomic mass is 32.2. The van der Waals surface area contributed by atoms with Crippen molar-refractivity contribution in [3.05, 3.63) is 10.4 Å². The van der Waals surface area contributed by atoms with Crippen LogP contribution in [0.15, 0.2) is 14.9 Å². The van der Waals surface area contributed by atoms with Gasteiger partial charge in [0.05, 0.1) is 0 Å². The Morgan fingerprint density at radius 1 is 1.08 bits per heavy atom. The molecular weight excluding hydrogens is 332 g/mol. The van der Waals surface area contributed by atoms with Crippen LogP contribution < -0.4 is 10.9 Å². The zero-order valence-corrected chi connectivity index (χ0v) is 15.9. The van der Waals surface area contributed by atoms with Gasteiger partial charge < -0.3 is 4.57 Å². The Morgan fingerprint density at radius 2 is 1.80 bits per heavy atom. The quantitative estimate of drug-likeness (QED) is 0.725. The standard InChI is InChI=1S/C19H27N4OS/c1-2-12-23-17-15(20-16(21-17)13-8-6-7-9-13)18(24)22-19(23)25-14-10-4-3-5-11-14/h13-14H,2-12H2,1H3. The molecule has 0 N–H and O–H groups in total. The maximum Gasteiger partial charge on any atom is 0.301 e. The van der Waals surface area contributed by atoms with Crippen LogP contribution in [0.1, 0.15) is 71.1 Å². The van der Waals surface area contributed by atoms with Crippen LogP contribution >= 0.6 is 11.8 Å². The van der Waals surface area contributed by atoms with Gasteiger partial charge in [0.25, 0.3) is 0 Å². The molecule has 2 aliphatic carbocycles. The molecule has 1 aromatic rings. The number of thioether (sulfide) groups is 1. The van der Waals surface area contributed by atoms with Crippen molar-refractivity contribution in [2.75, 3.05) is 0 Å². The molecule has 0 atom stereocenters. The van der Waals surface area contributed by atoms with Crippen molar-refractivity contribution in [3.63, 3.8) is 0 Å². The number of nitrogens with zero attached hydrogens (tertiary/aromatic N) is 4. The van der Waals surface area contributed by atoms with Crippen LogP contribution in [0.5, 0.6) is 0 Å². The minimum Gasteiger partial charge on any atom is -0.303 e. The lowest BCUT2D eigenvalue weighted by Gasteiger charge is -2.22. The second-order valence-electron chi connectivity index (χ2n) is 7.46. The minimum absolute atomic E-state index is 0.197. The van der Waals surface area contributed by atoms with Gasteiger partial charge in [0.15, 0.2) is 16.7 Å². The molecule has 0 aromatic carbocycles. The summed E-state index contributed by atoms with van der Waals surface area (Å²) in [5, 5.41) is 6.04. The smallest absolute Gasteiger partial charge is 0.301 e. The van der Waals surface area contributed by atoms with Crippen molar-refractivity contribution >= 4 is 29.1 Å². The molecule has 2 fully saturated rings. The molecule has 0 amide bonds. The van der Waals surface area contributed by atoms with Gasteiger partial charge in [-0.3, -0.25) is 4.79 Å². The summed E-state index contributed by atoms with van der Waals surface area (Å²) in [6.07, 6.45) is 12.2. The number of hydrogen-bond acceptors (Lipinski definition) is 4. The largest absolute Gasteiger partial charge is 0.303 e. The van der Waals surface area contributed by atoms with Gasteiger partial charge >= 0.3 is 5.56 Å². The van der Waals surface area contributed by atoms with Crippen LogP contribution in [0.3, 0.4) is 0 Å². The van der Waals surface area contributed by atoms with Crippen LogP contribution in [-0.2, 0) is 6.54 Å². The molecule has 1 aliphatic heterocycles. The third-order valence-corrected chi connectivity index (χ3v) is 6.86. The van der Waals surface area contributed by atoms with E-state index in [0.29, 0.717) is 16.9 Å². The van der Waals surface area contributed by atoms with Crippen molar-refractivity contribution in [3.8, 4) is 0 Å². The summed E-state index contributed by atoms with van der Waals surface area (Å²) in [5.74, 6) is 2.06. The Kier molecular flexibility index (Phi) is 5.15. The van der Waals surface area contributed by atoms with E-state index in [1.807, 2.05) is 0 Å². The van der Waals surface area contributed by atoms with Crippen molar-refractivity contribution < 1.29 is 0 Å². The van der Waals surface area contributed by atoms with Gasteiger partial charge in [-0.2, -0.15) is 4.98 Å². The van der Waals surface area contributed by atoms with Crippen LogP contribution in [0.2, 0.25) is 0 Å². The Balaban J connectivity index is 1.67. The van der Waals surface area contributed by atoms with E-state index >= 15 is 0 Å². The Morgan fingerprint density at radius 3 is 2.52 bits per heavy atom. The molecule has 6 heteroatoms. The first-order chi connectivity index (χ1) is 12.3. The van der Waals surface area contributed by atoms with Crippen molar-refractivity contribution in [1.29, 1.82) is 0 Å². The maximum absolute atomic E-state index is 12.6. The monoisotopic (exact) mass is 359 g/mol. The molecule has 0 saturated heterocycles. The predicted octanol–water partition coefficient (Wildman–Crippen LogP) is 4.55. The summed E-state index contributed by atoms with van der Waals surface area (Å²) in [5.41, 5.74) is 0.278. The Labute approximate surface area is 153 Å². The van der Waals surface area contributed by atoms with E-state index in [1.165, 1.54) is 44.9 Å². The lowest BCUT2D eigenvalue weighted by Crippen LogP contribution is -2.22. The Hall–Kier alpha value is -1.30. The van der Waals surface area contributed by atoms with Gasteiger partial charge in [-0.25, -0.2) is 10.3 Å². The van der Waals surface area contributed by atoms with Gasteiger partial charge in [0.1, 0.15) is 5.84 Å². The molecule has 0 unspecified atom stereocenters. The topological polar surface area (TPSA) is 61.4 Å². The molecule has 25 heavy (non-hydrogen) atoms. The predicted molar refractivity (Wildman–Crippen MR) is 102 cm³/mol. The van der Waals surface area contributed by atoms with Crippen LogP contribution in [0.4, 0.5) is 11.5 Å². The summed E-state index contributed by atoms with van der Waals surface area (Å²) in [6, 6.07) is 0. The highest BCUT2D eigenvalue weighted by molar-refractivity contribution is 7.99. The molecular formula is C19H27N4OS. The van der Waals surface area contributed by atoms with E-state index in [1.54, 1.807) is 11.8 Å². The molecule has 3 aliphatic rings. The minimum atomic E-state index is -0.197. The molecule has 1 radical (unpaired) electrons. The fourth-order valence-corrected chi connectivity index (χ4v) is 5.49. The maximum atomic E-state index is 12.6. The summed E-state index contributed by atoms with van der Waals surface area (Å²) < 4.78 is 2.15. The highest BCUT2D eigenvalue weighted by Gasteiger charge is 2.31. The summed E-state index contributed by atoms with van der Waals surface area (Å²) in [4.78, 5) is 21.8. The van der Waals surface area contributed by atoms with E-state index in [-0.39, 0.29) is 5.56 Å². The van der Waals surface area contributed by atoms with Crippen LogP contribution in [0, 0.1) is 5.92 Å². The van der Waals surface area contributed by atoms with E-state index in [9.17, 15) is 4.79 Å². The molecule has 2 heterocycles. The first kappa shape index (κ1) is 17.1. The third kappa shape index (κ3) is 3.50. The fraction of sp³-hybridized carbons (Fsp3) is 0.737.